The van der Waals surface area contributed by atoms with E-state index in [1.54, 1.807) is 0 Å². The Morgan fingerprint density at radius 1 is 1.58 bits per heavy atom. The van der Waals surface area contributed by atoms with E-state index in [1.165, 1.54) is 0 Å². The standard InChI is InChI=1S/C7H10N2O3/c8-6(11)2-4-1-5(10)3-9-7(4)12/h4H,1-3H2,(H2,8,11)(H,9,12). The minimum Gasteiger partial charge on any atom is -0.370 e. The quantitative estimate of drug-likeness (QED) is 0.532. The summed E-state index contributed by atoms with van der Waals surface area (Å²) in [6.45, 7) is 0.0775. The van der Waals surface area contributed by atoms with Crippen molar-refractivity contribution in [3.8, 4) is 0 Å². The van der Waals surface area contributed by atoms with Crippen LogP contribution in [0, 0.1) is 5.92 Å². The van der Waals surface area contributed by atoms with Gasteiger partial charge in [0.2, 0.25) is 11.8 Å². The number of hydrogen-bond donors (Lipinski definition) is 2. The van der Waals surface area contributed by atoms with E-state index in [-0.39, 0.29) is 31.1 Å². The lowest BCUT2D eigenvalue weighted by Crippen LogP contribution is -2.43. The fraction of sp³-hybridized carbons (Fsp3) is 0.571. The second-order valence-corrected chi connectivity index (χ2v) is 2.83. The molecular formula is C7H10N2O3. The van der Waals surface area contributed by atoms with E-state index < -0.39 is 11.8 Å². The van der Waals surface area contributed by atoms with Gasteiger partial charge in [0.25, 0.3) is 0 Å². The monoisotopic (exact) mass is 170 g/mol. The van der Waals surface area contributed by atoms with Gasteiger partial charge < -0.3 is 11.1 Å². The molecule has 0 radical (unpaired) electrons. The Balaban J connectivity index is 2.55. The van der Waals surface area contributed by atoms with Crippen LogP contribution in [-0.2, 0) is 14.4 Å². The van der Waals surface area contributed by atoms with Crippen LogP contribution in [0.25, 0.3) is 0 Å². The highest BCUT2D eigenvalue weighted by molar-refractivity contribution is 5.96. The maximum Gasteiger partial charge on any atom is 0.224 e. The van der Waals surface area contributed by atoms with Crippen molar-refractivity contribution in [1.29, 1.82) is 0 Å². The fourth-order valence-electron chi connectivity index (χ4n) is 1.18. The summed E-state index contributed by atoms with van der Waals surface area (Å²) in [5.74, 6) is -1.41. The first-order chi connectivity index (χ1) is 5.59. The number of carbonyl (C=O) groups excluding carboxylic acids is 3. The van der Waals surface area contributed by atoms with E-state index in [2.05, 4.69) is 5.32 Å². The number of piperidine rings is 1. The van der Waals surface area contributed by atoms with Gasteiger partial charge in [-0.1, -0.05) is 0 Å². The third-order valence-corrected chi connectivity index (χ3v) is 1.75. The molecule has 1 aliphatic rings. The lowest BCUT2D eigenvalue weighted by atomic mass is 9.94. The lowest BCUT2D eigenvalue weighted by molar-refractivity contribution is -0.136. The molecule has 0 saturated carbocycles. The molecule has 0 aromatic heterocycles. The molecule has 1 aliphatic heterocycles. The minimum absolute atomic E-state index is 0.0441. The van der Waals surface area contributed by atoms with Crippen molar-refractivity contribution in [2.75, 3.05) is 6.54 Å². The number of rotatable bonds is 2. The highest BCUT2D eigenvalue weighted by atomic mass is 16.2. The van der Waals surface area contributed by atoms with Crippen LogP contribution in [0.5, 0.6) is 0 Å². The normalized spacial score (nSPS) is 23.5. The van der Waals surface area contributed by atoms with E-state index in [9.17, 15) is 14.4 Å². The first kappa shape index (κ1) is 8.70. The zero-order chi connectivity index (χ0) is 9.14. The van der Waals surface area contributed by atoms with Crippen molar-refractivity contribution >= 4 is 17.6 Å². The predicted molar refractivity (Wildman–Crippen MR) is 39.9 cm³/mol. The van der Waals surface area contributed by atoms with E-state index in [4.69, 9.17) is 5.73 Å². The zero-order valence-electron chi connectivity index (χ0n) is 6.50. The molecule has 1 rings (SSSR count). The van der Waals surface area contributed by atoms with Crippen LogP contribution in [0.3, 0.4) is 0 Å². The number of Topliss-reactive ketones (excluding diaryl/α,β-unsaturated/α-hetero) is 1. The van der Waals surface area contributed by atoms with Crippen molar-refractivity contribution in [2.24, 2.45) is 11.7 Å². The van der Waals surface area contributed by atoms with Gasteiger partial charge in [-0.25, -0.2) is 0 Å². The van der Waals surface area contributed by atoms with E-state index in [1.807, 2.05) is 0 Å². The number of ketones is 1. The van der Waals surface area contributed by atoms with Gasteiger partial charge in [0.1, 0.15) is 0 Å². The molecule has 2 amide bonds. The largest absolute Gasteiger partial charge is 0.370 e. The molecule has 66 valence electrons. The van der Waals surface area contributed by atoms with Gasteiger partial charge in [0.05, 0.1) is 12.5 Å². The maximum atomic E-state index is 11.0. The highest BCUT2D eigenvalue weighted by Crippen LogP contribution is 2.12. The van der Waals surface area contributed by atoms with E-state index in [0.717, 1.165) is 0 Å². The summed E-state index contributed by atoms with van der Waals surface area (Å²) in [5, 5.41) is 2.39. The van der Waals surface area contributed by atoms with Crippen LogP contribution < -0.4 is 11.1 Å². The Morgan fingerprint density at radius 2 is 2.25 bits per heavy atom. The number of carbonyl (C=O) groups is 3. The molecule has 5 heteroatoms. The van der Waals surface area contributed by atoms with Crippen molar-refractivity contribution < 1.29 is 14.4 Å². The van der Waals surface area contributed by atoms with Crippen LogP contribution in [0.1, 0.15) is 12.8 Å². The first-order valence-electron chi connectivity index (χ1n) is 3.67. The fourth-order valence-corrected chi connectivity index (χ4v) is 1.18. The van der Waals surface area contributed by atoms with Gasteiger partial charge in [-0.05, 0) is 0 Å². The summed E-state index contributed by atoms with van der Waals surface area (Å²) in [5.41, 5.74) is 4.90. The molecule has 1 heterocycles. The van der Waals surface area contributed by atoms with Crippen LogP contribution in [0.4, 0.5) is 0 Å². The van der Waals surface area contributed by atoms with Gasteiger partial charge in [-0.2, -0.15) is 0 Å². The number of nitrogens with two attached hydrogens (primary N) is 1. The molecule has 0 aliphatic carbocycles. The predicted octanol–water partition coefficient (Wildman–Crippen LogP) is -1.43. The van der Waals surface area contributed by atoms with E-state index in [0.29, 0.717) is 0 Å². The van der Waals surface area contributed by atoms with Gasteiger partial charge in [-0.15, -0.1) is 0 Å². The smallest absolute Gasteiger partial charge is 0.224 e. The molecule has 1 fully saturated rings. The molecule has 1 saturated heterocycles. The summed E-state index contributed by atoms with van der Waals surface area (Å²) in [4.78, 5) is 32.3. The minimum atomic E-state index is -0.552. The van der Waals surface area contributed by atoms with Crippen molar-refractivity contribution in [2.45, 2.75) is 12.8 Å². The average molecular weight is 170 g/mol. The van der Waals surface area contributed by atoms with Gasteiger partial charge in [0.15, 0.2) is 5.78 Å². The van der Waals surface area contributed by atoms with Crippen molar-refractivity contribution in [3.63, 3.8) is 0 Å². The number of primary amides is 1. The van der Waals surface area contributed by atoms with Crippen LogP contribution >= 0.6 is 0 Å². The summed E-state index contributed by atoms with van der Waals surface area (Å²) in [7, 11) is 0. The molecule has 3 N–H and O–H groups in total. The maximum absolute atomic E-state index is 11.0. The van der Waals surface area contributed by atoms with E-state index >= 15 is 0 Å². The van der Waals surface area contributed by atoms with Crippen LogP contribution in [-0.4, -0.2) is 24.1 Å². The van der Waals surface area contributed by atoms with Gasteiger partial charge in [-0.3, -0.25) is 14.4 Å². The topological polar surface area (TPSA) is 89.3 Å². The van der Waals surface area contributed by atoms with Crippen molar-refractivity contribution in [1.82, 2.24) is 5.32 Å². The molecule has 1 atom stereocenters. The third kappa shape index (κ3) is 2.05. The Hall–Kier alpha value is -1.39. The van der Waals surface area contributed by atoms with Gasteiger partial charge >= 0.3 is 0 Å². The summed E-state index contributed by atoms with van der Waals surface area (Å²) >= 11 is 0. The summed E-state index contributed by atoms with van der Waals surface area (Å²) in [6, 6.07) is 0. The lowest BCUT2D eigenvalue weighted by Gasteiger charge is -2.19. The second-order valence-electron chi connectivity index (χ2n) is 2.83. The van der Waals surface area contributed by atoms with Crippen molar-refractivity contribution in [3.05, 3.63) is 0 Å². The zero-order valence-corrected chi connectivity index (χ0v) is 6.50. The molecular weight excluding hydrogens is 160 g/mol. The number of amides is 2. The number of hydrogen-bond acceptors (Lipinski definition) is 3. The third-order valence-electron chi connectivity index (χ3n) is 1.75. The molecule has 0 spiro atoms. The summed E-state index contributed by atoms with van der Waals surface area (Å²) < 4.78 is 0. The highest BCUT2D eigenvalue weighted by Gasteiger charge is 2.27. The molecule has 0 bridgehead atoms. The number of nitrogens with one attached hydrogen (secondary N) is 1. The Morgan fingerprint density at radius 3 is 2.83 bits per heavy atom. The molecule has 0 aromatic carbocycles. The Kier molecular flexibility index (Phi) is 2.42. The van der Waals surface area contributed by atoms with Crippen LogP contribution in [0.15, 0.2) is 0 Å². The molecule has 0 aromatic rings. The molecule has 5 nitrogen and oxygen atoms in total. The van der Waals surface area contributed by atoms with Crippen LogP contribution in [0.2, 0.25) is 0 Å². The molecule has 12 heavy (non-hydrogen) atoms. The Bertz CT molecular complexity index is 235. The SMILES string of the molecule is NC(=O)CC1CC(=O)CNC1=O. The second kappa shape index (κ2) is 3.34. The molecule has 1 unspecified atom stereocenters. The average Bonchev–Trinajstić information content (AvgIpc) is 1.96. The Labute approximate surface area is 69.3 Å². The summed E-state index contributed by atoms with van der Waals surface area (Å²) in [6.07, 6.45) is 0.0896. The van der Waals surface area contributed by atoms with Gasteiger partial charge in [0, 0.05) is 12.8 Å². The first-order valence-corrected chi connectivity index (χ1v) is 3.67.